The third-order valence-electron chi connectivity index (χ3n) is 5.20. The van der Waals surface area contributed by atoms with Crippen LogP contribution in [0.25, 0.3) is 0 Å². The number of ether oxygens (including phenoxy) is 2. The number of carboxylic acid groups (broad SMARTS) is 1. The van der Waals surface area contributed by atoms with Gasteiger partial charge in [-0.1, -0.05) is 44.0 Å². The van der Waals surface area contributed by atoms with Crippen molar-refractivity contribution < 1.29 is 19.4 Å². The first-order valence-corrected chi connectivity index (χ1v) is 10.6. The van der Waals surface area contributed by atoms with Gasteiger partial charge in [0, 0.05) is 36.6 Å². The minimum atomic E-state index is -0.885. The summed E-state index contributed by atoms with van der Waals surface area (Å²) in [5, 5.41) is 10.5. The maximum Gasteiger partial charge on any atom is 0.407 e. The molecule has 1 amide bonds. The zero-order valence-electron chi connectivity index (χ0n) is 17.3. The second-order valence-corrected chi connectivity index (χ2v) is 9.28. The zero-order valence-corrected chi connectivity index (χ0v) is 18.8. The number of halogens is 2. The van der Waals surface area contributed by atoms with Crippen LogP contribution in [0.1, 0.15) is 39.3 Å². The van der Waals surface area contributed by atoms with Crippen molar-refractivity contribution >= 4 is 29.3 Å². The summed E-state index contributed by atoms with van der Waals surface area (Å²) in [5.41, 5.74) is 0.462. The molecule has 6 nitrogen and oxygen atoms in total. The summed E-state index contributed by atoms with van der Waals surface area (Å²) < 4.78 is 12.1. The van der Waals surface area contributed by atoms with Crippen molar-refractivity contribution in [2.24, 2.45) is 5.41 Å². The van der Waals surface area contributed by atoms with E-state index in [1.807, 2.05) is 12.1 Å². The SMILES string of the molecule is CC(C)(C)C1CC(Oc2cccnc2COc2ccc(Cl)cc2Cl)CCN1C(=O)O. The van der Waals surface area contributed by atoms with E-state index in [9.17, 15) is 9.90 Å². The van der Waals surface area contributed by atoms with Crippen molar-refractivity contribution in [3.63, 3.8) is 0 Å². The molecule has 2 unspecified atom stereocenters. The Hall–Kier alpha value is -2.18. The summed E-state index contributed by atoms with van der Waals surface area (Å²) in [4.78, 5) is 17.6. The lowest BCUT2D eigenvalue weighted by Gasteiger charge is -2.44. The van der Waals surface area contributed by atoms with E-state index in [4.69, 9.17) is 32.7 Å². The fourth-order valence-electron chi connectivity index (χ4n) is 3.65. The standard InChI is InChI=1S/C22H26Cl2N2O4/c1-22(2,3)20-12-15(8-10-26(20)21(27)28)30-19-5-4-9-25-17(19)13-29-18-7-6-14(23)11-16(18)24/h4-7,9,11,15,20H,8,10,12-13H2,1-3H3,(H,27,28). The molecule has 2 aromatic rings. The van der Waals surface area contributed by atoms with Crippen LogP contribution < -0.4 is 9.47 Å². The molecule has 8 heteroatoms. The number of carbonyl (C=O) groups is 1. The average molecular weight is 453 g/mol. The zero-order chi connectivity index (χ0) is 21.9. The van der Waals surface area contributed by atoms with Crippen LogP contribution in [-0.2, 0) is 6.61 Å². The smallest absolute Gasteiger partial charge is 0.407 e. The molecule has 3 rings (SSSR count). The average Bonchev–Trinajstić information content (AvgIpc) is 2.67. The first kappa shape index (κ1) is 22.5. The minimum absolute atomic E-state index is 0.105. The Kier molecular flexibility index (Phi) is 6.98. The highest BCUT2D eigenvalue weighted by Gasteiger charge is 2.39. The Morgan fingerprint density at radius 1 is 1.27 bits per heavy atom. The Morgan fingerprint density at radius 2 is 2.03 bits per heavy atom. The largest absolute Gasteiger partial charge is 0.488 e. The van der Waals surface area contributed by atoms with E-state index in [0.29, 0.717) is 46.6 Å². The topological polar surface area (TPSA) is 71.9 Å². The van der Waals surface area contributed by atoms with E-state index < -0.39 is 6.09 Å². The quantitative estimate of drug-likeness (QED) is 0.610. The van der Waals surface area contributed by atoms with Gasteiger partial charge in [0.2, 0.25) is 0 Å². The molecule has 1 saturated heterocycles. The predicted octanol–water partition coefficient (Wildman–Crippen LogP) is 5.90. The van der Waals surface area contributed by atoms with Crippen LogP contribution >= 0.6 is 23.2 Å². The Labute approximate surface area is 186 Å². The van der Waals surface area contributed by atoms with Crippen molar-refractivity contribution in [2.45, 2.75) is 52.4 Å². The van der Waals surface area contributed by atoms with Gasteiger partial charge >= 0.3 is 6.09 Å². The lowest BCUT2D eigenvalue weighted by Crippen LogP contribution is -2.53. The van der Waals surface area contributed by atoms with Gasteiger partial charge in [-0.15, -0.1) is 0 Å². The molecular weight excluding hydrogens is 427 g/mol. The summed E-state index contributed by atoms with van der Waals surface area (Å²) in [5.74, 6) is 1.14. The van der Waals surface area contributed by atoms with Crippen LogP contribution in [0.2, 0.25) is 10.0 Å². The van der Waals surface area contributed by atoms with Crippen molar-refractivity contribution in [1.82, 2.24) is 9.88 Å². The van der Waals surface area contributed by atoms with Crippen molar-refractivity contribution in [2.75, 3.05) is 6.54 Å². The molecule has 0 aliphatic carbocycles. The van der Waals surface area contributed by atoms with Crippen LogP contribution in [0.3, 0.4) is 0 Å². The number of aromatic nitrogens is 1. The summed E-state index contributed by atoms with van der Waals surface area (Å²) >= 11 is 12.1. The molecule has 1 fully saturated rings. The van der Waals surface area contributed by atoms with Crippen LogP contribution in [0, 0.1) is 5.41 Å². The number of hydrogen-bond donors (Lipinski definition) is 1. The molecule has 0 radical (unpaired) electrons. The number of piperidine rings is 1. The molecule has 1 aromatic heterocycles. The van der Waals surface area contributed by atoms with Gasteiger partial charge in [-0.05, 0) is 35.7 Å². The van der Waals surface area contributed by atoms with E-state index in [1.54, 1.807) is 24.4 Å². The van der Waals surface area contributed by atoms with Gasteiger partial charge < -0.3 is 19.5 Å². The molecule has 1 aromatic carbocycles. The van der Waals surface area contributed by atoms with Gasteiger partial charge in [-0.25, -0.2) is 4.79 Å². The molecule has 0 saturated carbocycles. The molecule has 1 aliphatic rings. The van der Waals surface area contributed by atoms with Gasteiger partial charge in [0.15, 0.2) is 0 Å². The fraction of sp³-hybridized carbons (Fsp3) is 0.455. The highest BCUT2D eigenvalue weighted by Crippen LogP contribution is 2.34. The molecule has 162 valence electrons. The molecule has 1 aliphatic heterocycles. The second kappa shape index (κ2) is 9.31. The minimum Gasteiger partial charge on any atom is -0.488 e. The second-order valence-electron chi connectivity index (χ2n) is 8.43. The molecule has 2 heterocycles. The summed E-state index contributed by atoms with van der Waals surface area (Å²) in [7, 11) is 0. The van der Waals surface area contributed by atoms with Gasteiger partial charge in [-0.2, -0.15) is 0 Å². The number of benzene rings is 1. The maximum atomic E-state index is 11.6. The lowest BCUT2D eigenvalue weighted by atomic mass is 9.80. The van der Waals surface area contributed by atoms with Crippen LogP contribution in [-0.4, -0.2) is 39.8 Å². The van der Waals surface area contributed by atoms with Crippen molar-refractivity contribution in [1.29, 1.82) is 0 Å². The van der Waals surface area contributed by atoms with E-state index in [-0.39, 0.29) is 24.2 Å². The van der Waals surface area contributed by atoms with E-state index in [1.165, 1.54) is 4.90 Å². The molecule has 0 spiro atoms. The molecule has 1 N–H and O–H groups in total. The van der Waals surface area contributed by atoms with E-state index >= 15 is 0 Å². The van der Waals surface area contributed by atoms with Crippen LogP contribution in [0.15, 0.2) is 36.5 Å². The fourth-order valence-corrected chi connectivity index (χ4v) is 4.11. The number of hydrogen-bond acceptors (Lipinski definition) is 4. The van der Waals surface area contributed by atoms with E-state index in [0.717, 1.165) is 0 Å². The van der Waals surface area contributed by atoms with Gasteiger partial charge in [0.1, 0.15) is 29.9 Å². The van der Waals surface area contributed by atoms with Gasteiger partial charge in [0.25, 0.3) is 0 Å². The highest BCUT2D eigenvalue weighted by atomic mass is 35.5. The Bertz CT molecular complexity index is 901. The monoisotopic (exact) mass is 452 g/mol. The normalized spacial score (nSPS) is 19.4. The molecule has 30 heavy (non-hydrogen) atoms. The third kappa shape index (κ3) is 5.49. The summed E-state index contributed by atoms with van der Waals surface area (Å²) in [6.07, 6.45) is 1.93. The third-order valence-corrected chi connectivity index (χ3v) is 5.73. The van der Waals surface area contributed by atoms with Crippen LogP contribution in [0.5, 0.6) is 11.5 Å². The molecular formula is C22H26Cl2N2O4. The first-order chi connectivity index (χ1) is 14.1. The number of rotatable bonds is 5. The number of nitrogens with zero attached hydrogens (tertiary/aromatic N) is 2. The van der Waals surface area contributed by atoms with Gasteiger partial charge in [0.05, 0.1) is 5.02 Å². The van der Waals surface area contributed by atoms with Gasteiger partial charge in [-0.3, -0.25) is 4.98 Å². The maximum absolute atomic E-state index is 11.6. The summed E-state index contributed by atoms with van der Waals surface area (Å²) in [6.45, 7) is 6.78. The Morgan fingerprint density at radius 3 is 2.70 bits per heavy atom. The number of likely N-dealkylation sites (tertiary alicyclic amines) is 1. The first-order valence-electron chi connectivity index (χ1n) is 9.83. The summed E-state index contributed by atoms with van der Waals surface area (Å²) in [6, 6.07) is 8.58. The number of pyridine rings is 1. The number of amides is 1. The predicted molar refractivity (Wildman–Crippen MR) is 117 cm³/mol. The highest BCUT2D eigenvalue weighted by molar-refractivity contribution is 6.35. The molecule has 2 atom stereocenters. The Balaban J connectivity index is 1.71. The van der Waals surface area contributed by atoms with E-state index in [2.05, 4.69) is 25.8 Å². The molecule has 0 bridgehead atoms. The van der Waals surface area contributed by atoms with Crippen molar-refractivity contribution in [3.8, 4) is 11.5 Å². The lowest BCUT2D eigenvalue weighted by molar-refractivity contribution is 0.0123. The van der Waals surface area contributed by atoms with Crippen LogP contribution in [0.4, 0.5) is 4.79 Å². The van der Waals surface area contributed by atoms with Crippen molar-refractivity contribution in [3.05, 3.63) is 52.3 Å².